The van der Waals surface area contributed by atoms with Crippen molar-refractivity contribution in [2.75, 3.05) is 0 Å². The van der Waals surface area contributed by atoms with Gasteiger partial charge >= 0.3 is 0 Å². The molecule has 0 N–H and O–H groups in total. The molecule has 0 heterocycles. The van der Waals surface area contributed by atoms with Crippen molar-refractivity contribution >= 4 is 11.6 Å². The average Bonchev–Trinajstić information content (AvgIpc) is 2.01. The Balaban J connectivity index is 2.52. The molecule has 0 bridgehead atoms. The minimum Gasteiger partial charge on any atom is -0.211 e. The molecule has 0 atom stereocenters. The molecule has 12 heavy (non-hydrogen) atoms. The largest absolute Gasteiger partial charge is 0.239 e. The van der Waals surface area contributed by atoms with Gasteiger partial charge in [-0.05, 0) is 24.1 Å². The lowest BCUT2D eigenvalue weighted by atomic mass is 10.1. The van der Waals surface area contributed by atoms with Gasteiger partial charge in [-0.1, -0.05) is 23.7 Å². The van der Waals surface area contributed by atoms with Crippen LogP contribution in [0.5, 0.6) is 0 Å². The van der Waals surface area contributed by atoms with Crippen molar-refractivity contribution in [3.8, 4) is 0 Å². The highest BCUT2D eigenvalue weighted by atomic mass is 35.5. The van der Waals surface area contributed by atoms with E-state index in [1.807, 2.05) is 0 Å². The van der Waals surface area contributed by atoms with E-state index >= 15 is 0 Å². The molecule has 0 amide bonds. The summed E-state index contributed by atoms with van der Waals surface area (Å²) >= 11 is 5.65. The first kappa shape index (κ1) is 9.46. The fourth-order valence-corrected chi connectivity index (χ4v) is 1.06. The van der Waals surface area contributed by atoms with Crippen molar-refractivity contribution in [3.63, 3.8) is 0 Å². The topological polar surface area (TPSA) is 0 Å². The molecule has 0 aliphatic rings. The summed E-state index contributed by atoms with van der Waals surface area (Å²) in [5, 5.41) is 0.568. The van der Waals surface area contributed by atoms with E-state index in [0.717, 1.165) is 5.56 Å². The van der Waals surface area contributed by atoms with Crippen LogP contribution >= 0.6 is 11.6 Å². The Labute approximate surface area is 75.2 Å². The van der Waals surface area contributed by atoms with Gasteiger partial charge in [0.05, 0.1) is 0 Å². The van der Waals surface area contributed by atoms with Gasteiger partial charge in [0.25, 0.3) is 0 Å². The quantitative estimate of drug-likeness (QED) is 0.682. The molecule has 0 spiro atoms. The molecule has 0 aliphatic carbocycles. The second-order valence-electron chi connectivity index (χ2n) is 2.39. The minimum atomic E-state index is -2.29. The molecule has 0 nitrogen and oxygen atoms in total. The first-order chi connectivity index (χ1) is 5.68. The lowest BCUT2D eigenvalue weighted by Gasteiger charge is -1.99. The van der Waals surface area contributed by atoms with E-state index < -0.39 is 6.43 Å². The highest BCUT2D eigenvalue weighted by Crippen LogP contribution is 2.15. The van der Waals surface area contributed by atoms with Crippen molar-refractivity contribution in [3.05, 3.63) is 41.3 Å². The first-order valence-electron chi connectivity index (χ1n) is 3.55. The van der Waals surface area contributed by atoms with Gasteiger partial charge in [-0.2, -0.15) is 0 Å². The van der Waals surface area contributed by atoms with Crippen LogP contribution in [0.25, 0.3) is 0 Å². The molecule has 65 valence electrons. The highest BCUT2D eigenvalue weighted by molar-refractivity contribution is 6.30. The molecular weight excluding hydrogens is 182 g/mol. The van der Waals surface area contributed by atoms with Crippen molar-refractivity contribution in [2.45, 2.75) is 12.8 Å². The standard InChI is InChI=1S/C9H8ClF2/c10-8-3-1-2-7(6-8)4-5-9(11)12/h1-4,6,9H,5H2. The highest BCUT2D eigenvalue weighted by Gasteiger charge is 2.03. The SMILES string of the molecule is FC(F)C[CH]c1cccc(Cl)c1. The molecule has 1 aromatic carbocycles. The summed E-state index contributed by atoms with van der Waals surface area (Å²) in [6, 6.07) is 6.85. The Kier molecular flexibility index (Phi) is 3.48. The van der Waals surface area contributed by atoms with Crippen LogP contribution in [-0.2, 0) is 0 Å². The lowest BCUT2D eigenvalue weighted by molar-refractivity contribution is 0.148. The Hall–Kier alpha value is -0.630. The van der Waals surface area contributed by atoms with E-state index in [2.05, 4.69) is 0 Å². The van der Waals surface area contributed by atoms with Gasteiger partial charge in [0.1, 0.15) is 0 Å². The van der Waals surface area contributed by atoms with Crippen LogP contribution in [0.3, 0.4) is 0 Å². The van der Waals surface area contributed by atoms with Gasteiger partial charge in [-0.25, -0.2) is 8.78 Å². The predicted molar refractivity (Wildman–Crippen MR) is 45.5 cm³/mol. The summed E-state index contributed by atoms with van der Waals surface area (Å²) in [6.07, 6.45) is -1.04. The maximum Gasteiger partial charge on any atom is 0.239 e. The molecule has 0 aliphatic heterocycles. The lowest BCUT2D eigenvalue weighted by Crippen LogP contribution is -1.91. The minimum absolute atomic E-state index is 0.222. The molecule has 3 heteroatoms. The second-order valence-corrected chi connectivity index (χ2v) is 2.82. The van der Waals surface area contributed by atoms with Gasteiger partial charge in [0.2, 0.25) is 6.43 Å². The van der Waals surface area contributed by atoms with Crippen molar-refractivity contribution < 1.29 is 8.78 Å². The van der Waals surface area contributed by atoms with E-state index in [4.69, 9.17) is 11.6 Å². The van der Waals surface area contributed by atoms with Crippen LogP contribution in [0.2, 0.25) is 5.02 Å². The third kappa shape index (κ3) is 3.18. The second kappa shape index (κ2) is 4.41. The molecule has 0 saturated heterocycles. The molecule has 1 rings (SSSR count). The van der Waals surface area contributed by atoms with E-state index in [1.165, 1.54) is 6.42 Å². The summed E-state index contributed by atoms with van der Waals surface area (Å²) in [7, 11) is 0. The van der Waals surface area contributed by atoms with E-state index in [9.17, 15) is 8.78 Å². The van der Waals surface area contributed by atoms with Gasteiger partial charge < -0.3 is 0 Å². The third-order valence-electron chi connectivity index (χ3n) is 1.38. The van der Waals surface area contributed by atoms with Gasteiger partial charge in [-0.15, -0.1) is 0 Å². The molecule has 0 fully saturated rings. The van der Waals surface area contributed by atoms with E-state index in [1.54, 1.807) is 24.3 Å². The Morgan fingerprint density at radius 2 is 2.17 bits per heavy atom. The van der Waals surface area contributed by atoms with Crippen LogP contribution in [0.4, 0.5) is 8.78 Å². The summed E-state index contributed by atoms with van der Waals surface area (Å²) in [5.41, 5.74) is 0.739. The molecule has 0 unspecified atom stereocenters. The molecule has 0 aromatic heterocycles. The van der Waals surface area contributed by atoms with Crippen LogP contribution in [0.1, 0.15) is 12.0 Å². The van der Waals surface area contributed by atoms with Crippen molar-refractivity contribution in [1.29, 1.82) is 0 Å². The fourth-order valence-electron chi connectivity index (χ4n) is 0.859. The summed E-state index contributed by atoms with van der Waals surface area (Å²) in [5.74, 6) is 0. The number of halogens is 3. The molecular formula is C9H8ClF2. The first-order valence-corrected chi connectivity index (χ1v) is 3.93. The average molecular weight is 190 g/mol. The normalized spacial score (nSPS) is 10.7. The summed E-state index contributed by atoms with van der Waals surface area (Å²) in [4.78, 5) is 0. The van der Waals surface area contributed by atoms with E-state index in [0.29, 0.717) is 5.02 Å². The number of rotatable bonds is 3. The zero-order valence-electron chi connectivity index (χ0n) is 6.31. The number of benzene rings is 1. The summed E-state index contributed by atoms with van der Waals surface area (Å²) < 4.78 is 23.5. The van der Waals surface area contributed by atoms with Crippen LogP contribution in [0.15, 0.2) is 24.3 Å². The van der Waals surface area contributed by atoms with Gasteiger partial charge in [0.15, 0.2) is 0 Å². The monoisotopic (exact) mass is 189 g/mol. The van der Waals surface area contributed by atoms with Crippen LogP contribution < -0.4 is 0 Å². The molecule has 0 saturated carbocycles. The van der Waals surface area contributed by atoms with Crippen LogP contribution in [0, 0.1) is 6.42 Å². The van der Waals surface area contributed by atoms with Crippen molar-refractivity contribution in [2.24, 2.45) is 0 Å². The van der Waals surface area contributed by atoms with E-state index in [-0.39, 0.29) is 6.42 Å². The fraction of sp³-hybridized carbons (Fsp3) is 0.222. The molecule has 1 aromatic rings. The Bertz CT molecular complexity index is 248. The number of alkyl halides is 2. The van der Waals surface area contributed by atoms with Crippen molar-refractivity contribution in [1.82, 2.24) is 0 Å². The third-order valence-corrected chi connectivity index (χ3v) is 1.62. The number of hydrogen-bond acceptors (Lipinski definition) is 0. The van der Waals surface area contributed by atoms with Crippen LogP contribution in [-0.4, -0.2) is 6.43 Å². The molecule has 1 radical (unpaired) electrons. The Morgan fingerprint density at radius 1 is 1.42 bits per heavy atom. The Morgan fingerprint density at radius 3 is 2.75 bits per heavy atom. The number of hydrogen-bond donors (Lipinski definition) is 0. The summed E-state index contributed by atoms with van der Waals surface area (Å²) in [6.45, 7) is 0. The zero-order valence-corrected chi connectivity index (χ0v) is 7.06. The van der Waals surface area contributed by atoms with Gasteiger partial charge in [0, 0.05) is 11.4 Å². The smallest absolute Gasteiger partial charge is 0.211 e. The maximum atomic E-state index is 11.8. The van der Waals surface area contributed by atoms with Gasteiger partial charge in [-0.3, -0.25) is 0 Å². The maximum absolute atomic E-state index is 11.8. The predicted octanol–water partition coefficient (Wildman–Crippen LogP) is 3.55. The zero-order chi connectivity index (χ0) is 8.97.